The molecule has 0 aliphatic rings. The minimum Gasteiger partial charge on any atom is -0.481 e. The van der Waals surface area contributed by atoms with E-state index in [1.54, 1.807) is 6.26 Å². The normalized spacial score (nSPS) is 14.1. The predicted octanol–water partition coefficient (Wildman–Crippen LogP) is -3.18. The maximum Gasteiger partial charge on any atom is 0.326 e. The summed E-state index contributed by atoms with van der Waals surface area (Å²) in [7, 11) is 0. The van der Waals surface area contributed by atoms with Crippen molar-refractivity contribution in [2.75, 3.05) is 12.0 Å². The molecule has 0 rings (SSSR count). The van der Waals surface area contributed by atoms with Crippen molar-refractivity contribution in [3.63, 3.8) is 0 Å². The molecule has 0 aromatic carbocycles. The van der Waals surface area contributed by atoms with Gasteiger partial charge in [0.25, 0.3) is 0 Å². The average Bonchev–Trinajstić information content (AvgIpc) is 2.72. The van der Waals surface area contributed by atoms with Crippen LogP contribution in [0, 0.1) is 0 Å². The highest BCUT2D eigenvalue weighted by Gasteiger charge is 2.32. The Morgan fingerprint density at radius 3 is 1.76 bits per heavy atom. The molecule has 0 aromatic rings. The zero-order chi connectivity index (χ0) is 26.4. The summed E-state index contributed by atoms with van der Waals surface area (Å²) >= 11 is 1.43. The Morgan fingerprint density at radius 1 is 0.765 bits per heavy atom. The minimum absolute atomic E-state index is 0.271. The number of hydrogen-bond donors (Lipinski definition) is 8. The predicted molar refractivity (Wildman–Crippen MR) is 117 cm³/mol. The first-order chi connectivity index (χ1) is 15.8. The fraction of sp³-hybridized carbons (Fsp3) is 0.611. The van der Waals surface area contributed by atoms with Crippen LogP contribution in [-0.2, 0) is 33.6 Å². The van der Waals surface area contributed by atoms with Crippen LogP contribution >= 0.6 is 11.8 Å². The molecule has 0 heterocycles. The fourth-order valence-corrected chi connectivity index (χ4v) is 3.01. The Labute approximate surface area is 198 Å². The summed E-state index contributed by atoms with van der Waals surface area (Å²) in [6.07, 6.45) is -0.627. The first-order valence-corrected chi connectivity index (χ1v) is 11.3. The second kappa shape index (κ2) is 15.4. The van der Waals surface area contributed by atoms with E-state index in [9.17, 15) is 33.6 Å². The van der Waals surface area contributed by atoms with Gasteiger partial charge in [-0.15, -0.1) is 0 Å². The summed E-state index contributed by atoms with van der Waals surface area (Å²) in [5.41, 5.74) is 10.8. The van der Waals surface area contributed by atoms with Gasteiger partial charge in [0.1, 0.15) is 18.1 Å². The van der Waals surface area contributed by atoms with Gasteiger partial charge in [-0.2, -0.15) is 11.8 Å². The lowest BCUT2D eigenvalue weighted by Crippen LogP contribution is -2.58. The van der Waals surface area contributed by atoms with Gasteiger partial charge >= 0.3 is 17.9 Å². The van der Waals surface area contributed by atoms with Crippen molar-refractivity contribution < 1.29 is 48.9 Å². The van der Waals surface area contributed by atoms with Gasteiger partial charge < -0.3 is 42.7 Å². The number of rotatable bonds is 17. The molecule has 0 aliphatic carbocycles. The molecule has 0 saturated heterocycles. The summed E-state index contributed by atoms with van der Waals surface area (Å²) in [5.74, 6) is -8.02. The number of nitrogens with one attached hydrogen (secondary N) is 3. The summed E-state index contributed by atoms with van der Waals surface area (Å²) in [6.45, 7) is 0. The fourth-order valence-electron chi connectivity index (χ4n) is 2.52. The maximum atomic E-state index is 12.7. The molecule has 0 bridgehead atoms. The van der Waals surface area contributed by atoms with E-state index in [-0.39, 0.29) is 12.8 Å². The van der Waals surface area contributed by atoms with Crippen LogP contribution in [0.25, 0.3) is 0 Å². The summed E-state index contributed by atoms with van der Waals surface area (Å²) in [4.78, 5) is 81.7. The number of amides is 4. The quantitative estimate of drug-likeness (QED) is 0.0968. The van der Waals surface area contributed by atoms with Crippen molar-refractivity contribution in [1.29, 1.82) is 0 Å². The van der Waals surface area contributed by atoms with Crippen LogP contribution in [0.15, 0.2) is 0 Å². The Kier molecular flexibility index (Phi) is 13.9. The molecule has 15 nitrogen and oxygen atoms in total. The highest BCUT2D eigenvalue weighted by molar-refractivity contribution is 7.98. The number of nitrogens with two attached hydrogens (primary N) is 2. The number of carbonyl (C=O) groups is 7. The lowest BCUT2D eigenvalue weighted by atomic mass is 10.1. The van der Waals surface area contributed by atoms with Gasteiger partial charge in [-0.3, -0.25) is 28.8 Å². The van der Waals surface area contributed by atoms with Gasteiger partial charge in [0, 0.05) is 6.42 Å². The molecule has 0 saturated carbocycles. The van der Waals surface area contributed by atoms with Crippen molar-refractivity contribution >= 4 is 53.3 Å². The van der Waals surface area contributed by atoms with Crippen LogP contribution in [0.2, 0.25) is 0 Å². The Hall–Kier alpha value is -3.40. The van der Waals surface area contributed by atoms with E-state index in [0.29, 0.717) is 5.75 Å². The van der Waals surface area contributed by atoms with Gasteiger partial charge in [-0.05, 0) is 24.9 Å². The van der Waals surface area contributed by atoms with E-state index in [1.165, 1.54) is 11.8 Å². The second-order valence-corrected chi connectivity index (χ2v) is 8.10. The van der Waals surface area contributed by atoms with E-state index in [0.717, 1.165) is 0 Å². The van der Waals surface area contributed by atoms with Crippen molar-refractivity contribution in [2.45, 2.75) is 56.3 Å². The monoisotopic (exact) mass is 507 g/mol. The molecule has 0 fully saturated rings. The van der Waals surface area contributed by atoms with Gasteiger partial charge in [0.2, 0.25) is 23.6 Å². The van der Waals surface area contributed by atoms with Crippen molar-refractivity contribution in [3.8, 4) is 0 Å². The third kappa shape index (κ3) is 12.6. The van der Waals surface area contributed by atoms with Crippen LogP contribution in [0.4, 0.5) is 0 Å². The van der Waals surface area contributed by atoms with Crippen LogP contribution in [0.3, 0.4) is 0 Å². The molecule has 4 amide bonds. The first-order valence-electron chi connectivity index (χ1n) is 9.88. The summed E-state index contributed by atoms with van der Waals surface area (Å²) in [5, 5.41) is 33.0. The van der Waals surface area contributed by atoms with Crippen LogP contribution in [-0.4, -0.2) is 93.0 Å². The number of primary amides is 1. The average molecular weight is 508 g/mol. The van der Waals surface area contributed by atoms with Gasteiger partial charge in [0.15, 0.2) is 0 Å². The van der Waals surface area contributed by atoms with E-state index >= 15 is 0 Å². The van der Waals surface area contributed by atoms with Gasteiger partial charge in [-0.1, -0.05) is 0 Å². The molecule has 0 aromatic heterocycles. The van der Waals surface area contributed by atoms with Gasteiger partial charge in [0.05, 0.1) is 18.9 Å². The standard InChI is InChI=1S/C18H29N5O10S/c1-34-5-4-8(19)15(29)21-9(2-3-13(25)26)16(30)22-10(6-12(20)24)17(31)23-11(18(32)33)7-14(27)28/h8-11H,2-7,19H2,1H3,(H2,20,24)(H,21,29)(H,22,30)(H,23,31)(H,25,26)(H,27,28)(H,32,33). The van der Waals surface area contributed by atoms with Crippen LogP contribution < -0.4 is 27.4 Å². The molecule has 4 atom stereocenters. The van der Waals surface area contributed by atoms with Gasteiger partial charge in [-0.25, -0.2) is 4.79 Å². The topological polar surface area (TPSA) is 268 Å². The first kappa shape index (κ1) is 30.6. The SMILES string of the molecule is CSCCC(N)C(=O)NC(CCC(=O)O)C(=O)NC(CC(N)=O)C(=O)NC(CC(=O)O)C(=O)O. The van der Waals surface area contributed by atoms with Crippen molar-refractivity contribution in [1.82, 2.24) is 16.0 Å². The largest absolute Gasteiger partial charge is 0.481 e. The van der Waals surface area contributed by atoms with E-state index < -0.39 is 85.0 Å². The van der Waals surface area contributed by atoms with Crippen LogP contribution in [0.5, 0.6) is 0 Å². The highest BCUT2D eigenvalue weighted by atomic mass is 32.2. The van der Waals surface area contributed by atoms with Crippen molar-refractivity contribution in [2.24, 2.45) is 11.5 Å². The van der Waals surface area contributed by atoms with Crippen molar-refractivity contribution in [3.05, 3.63) is 0 Å². The van der Waals surface area contributed by atoms with E-state index in [4.69, 9.17) is 26.8 Å². The second-order valence-electron chi connectivity index (χ2n) is 7.11. The Bertz CT molecular complexity index is 793. The lowest BCUT2D eigenvalue weighted by Gasteiger charge is -2.24. The number of thioether (sulfide) groups is 1. The number of aliphatic carboxylic acids is 3. The number of carboxylic acids is 3. The number of hydrogen-bond acceptors (Lipinski definition) is 9. The third-order valence-corrected chi connectivity index (χ3v) is 4.93. The molecule has 4 unspecified atom stereocenters. The number of carboxylic acid groups (broad SMARTS) is 3. The van der Waals surface area contributed by atoms with E-state index in [1.807, 2.05) is 5.32 Å². The summed E-state index contributed by atoms with van der Waals surface area (Å²) < 4.78 is 0. The molecular weight excluding hydrogens is 478 g/mol. The molecule has 0 spiro atoms. The number of carbonyl (C=O) groups excluding carboxylic acids is 4. The van der Waals surface area contributed by atoms with Crippen LogP contribution in [0.1, 0.15) is 32.1 Å². The molecule has 16 heteroatoms. The summed E-state index contributed by atoms with van der Waals surface area (Å²) in [6, 6.07) is -6.05. The molecule has 34 heavy (non-hydrogen) atoms. The lowest BCUT2D eigenvalue weighted by molar-refractivity contribution is -0.147. The zero-order valence-corrected chi connectivity index (χ0v) is 19.1. The Morgan fingerprint density at radius 2 is 1.29 bits per heavy atom. The molecule has 10 N–H and O–H groups in total. The molecular formula is C18H29N5O10S. The smallest absolute Gasteiger partial charge is 0.326 e. The Balaban J connectivity index is 5.56. The third-order valence-electron chi connectivity index (χ3n) is 4.28. The van der Waals surface area contributed by atoms with E-state index in [2.05, 4.69) is 10.6 Å². The maximum absolute atomic E-state index is 12.7. The minimum atomic E-state index is -1.87. The molecule has 0 radical (unpaired) electrons. The highest BCUT2D eigenvalue weighted by Crippen LogP contribution is 2.05. The molecule has 0 aliphatic heterocycles. The molecule has 192 valence electrons. The zero-order valence-electron chi connectivity index (χ0n) is 18.3.